The fraction of sp³-hybridized carbons (Fsp3) is 0.929. The summed E-state index contributed by atoms with van der Waals surface area (Å²) in [6.45, 7) is 9.05. The molecule has 0 amide bonds. The molecule has 0 aromatic rings. The molecule has 2 saturated heterocycles. The summed E-state index contributed by atoms with van der Waals surface area (Å²) in [5.41, 5.74) is 0. The number of carbonyl (C=O) groups is 1. The summed E-state index contributed by atoms with van der Waals surface area (Å²) >= 11 is 0. The number of likely N-dealkylation sites (tertiary alicyclic amines) is 2. The molecular formula is C14H26N2O. The number of piperidine rings is 2. The zero-order chi connectivity index (χ0) is 12.1. The van der Waals surface area contributed by atoms with Crippen LogP contribution in [0.4, 0.5) is 0 Å². The molecule has 0 saturated carbocycles. The minimum Gasteiger partial charge on any atom is -0.302 e. The van der Waals surface area contributed by atoms with Gasteiger partial charge in [-0.15, -0.1) is 0 Å². The van der Waals surface area contributed by atoms with E-state index < -0.39 is 0 Å². The molecule has 3 heteroatoms. The van der Waals surface area contributed by atoms with Gasteiger partial charge < -0.3 is 9.80 Å². The second-order valence-electron chi connectivity index (χ2n) is 5.52. The summed E-state index contributed by atoms with van der Waals surface area (Å²) in [4.78, 5) is 16.7. The van der Waals surface area contributed by atoms with Crippen molar-refractivity contribution in [2.45, 2.75) is 39.0 Å². The van der Waals surface area contributed by atoms with E-state index >= 15 is 0 Å². The van der Waals surface area contributed by atoms with Crippen LogP contribution in [0.2, 0.25) is 0 Å². The van der Waals surface area contributed by atoms with E-state index in [0.717, 1.165) is 32.5 Å². The Morgan fingerprint density at radius 1 is 1.06 bits per heavy atom. The molecule has 0 spiro atoms. The highest BCUT2D eigenvalue weighted by atomic mass is 16.1. The number of carbonyl (C=O) groups excluding carboxylic acids is 1. The van der Waals surface area contributed by atoms with Crippen LogP contribution in [0.1, 0.15) is 39.0 Å². The monoisotopic (exact) mass is 238 g/mol. The van der Waals surface area contributed by atoms with E-state index in [1.165, 1.54) is 38.9 Å². The maximum absolute atomic E-state index is 11.6. The zero-order valence-corrected chi connectivity index (χ0v) is 11.2. The Morgan fingerprint density at radius 2 is 1.76 bits per heavy atom. The van der Waals surface area contributed by atoms with Gasteiger partial charge in [-0.2, -0.15) is 0 Å². The molecule has 0 aromatic carbocycles. The molecular weight excluding hydrogens is 212 g/mol. The van der Waals surface area contributed by atoms with Crippen LogP contribution in [0.15, 0.2) is 0 Å². The fourth-order valence-corrected chi connectivity index (χ4v) is 3.00. The maximum Gasteiger partial charge on any atom is 0.138 e. The molecule has 0 radical (unpaired) electrons. The van der Waals surface area contributed by atoms with E-state index in [0.29, 0.717) is 11.7 Å². The molecule has 2 aliphatic rings. The van der Waals surface area contributed by atoms with Gasteiger partial charge in [0.25, 0.3) is 0 Å². The summed E-state index contributed by atoms with van der Waals surface area (Å²) in [5.74, 6) is 0.798. The van der Waals surface area contributed by atoms with Gasteiger partial charge >= 0.3 is 0 Å². The smallest absolute Gasteiger partial charge is 0.138 e. The molecule has 3 nitrogen and oxygen atoms in total. The van der Waals surface area contributed by atoms with Gasteiger partial charge in [0.15, 0.2) is 0 Å². The lowest BCUT2D eigenvalue weighted by Crippen LogP contribution is -2.44. The average Bonchev–Trinajstić information content (AvgIpc) is 2.39. The van der Waals surface area contributed by atoms with Crippen molar-refractivity contribution < 1.29 is 4.79 Å². The number of rotatable bonds is 4. The van der Waals surface area contributed by atoms with Crippen LogP contribution in [-0.2, 0) is 4.79 Å². The van der Waals surface area contributed by atoms with E-state index in [2.05, 4.69) is 16.7 Å². The molecule has 2 aliphatic heterocycles. The van der Waals surface area contributed by atoms with Gasteiger partial charge in [-0.05, 0) is 32.4 Å². The van der Waals surface area contributed by atoms with Crippen molar-refractivity contribution >= 4 is 5.78 Å². The van der Waals surface area contributed by atoms with Gasteiger partial charge in [0.05, 0.1) is 0 Å². The molecule has 2 fully saturated rings. The van der Waals surface area contributed by atoms with Gasteiger partial charge in [-0.25, -0.2) is 0 Å². The third-order valence-corrected chi connectivity index (χ3v) is 4.28. The lowest BCUT2D eigenvalue weighted by Gasteiger charge is -2.34. The molecule has 0 aromatic heterocycles. The van der Waals surface area contributed by atoms with Crippen molar-refractivity contribution in [3.05, 3.63) is 0 Å². The van der Waals surface area contributed by atoms with E-state index in [-0.39, 0.29) is 0 Å². The van der Waals surface area contributed by atoms with Crippen molar-refractivity contribution in [2.75, 3.05) is 39.3 Å². The Morgan fingerprint density at radius 3 is 2.47 bits per heavy atom. The summed E-state index contributed by atoms with van der Waals surface area (Å²) in [5, 5.41) is 0. The molecule has 0 bridgehead atoms. The van der Waals surface area contributed by atoms with Crippen molar-refractivity contribution in [2.24, 2.45) is 5.92 Å². The van der Waals surface area contributed by atoms with Gasteiger partial charge in [-0.1, -0.05) is 13.3 Å². The lowest BCUT2D eigenvalue weighted by molar-refractivity contribution is -0.126. The molecule has 0 aliphatic carbocycles. The van der Waals surface area contributed by atoms with Gasteiger partial charge in [-0.3, -0.25) is 4.79 Å². The number of Topliss-reactive ketones (excluding diaryl/α,β-unsaturated/α-hetero) is 1. The summed E-state index contributed by atoms with van der Waals surface area (Å²) in [7, 11) is 0. The molecule has 98 valence electrons. The fourth-order valence-electron chi connectivity index (χ4n) is 3.00. The Labute approximate surface area is 105 Å². The Hall–Kier alpha value is -0.410. The number of hydrogen-bond acceptors (Lipinski definition) is 3. The topological polar surface area (TPSA) is 23.6 Å². The van der Waals surface area contributed by atoms with Crippen LogP contribution in [0, 0.1) is 5.92 Å². The highest BCUT2D eigenvalue weighted by molar-refractivity contribution is 5.82. The first kappa shape index (κ1) is 13.0. The van der Waals surface area contributed by atoms with Crippen molar-refractivity contribution in [1.82, 2.24) is 9.80 Å². The van der Waals surface area contributed by atoms with Crippen LogP contribution >= 0.6 is 0 Å². The number of hydrogen-bond donors (Lipinski definition) is 0. The number of nitrogens with zero attached hydrogens (tertiary/aromatic N) is 2. The molecule has 2 rings (SSSR count). The molecule has 0 N–H and O–H groups in total. The SMILES string of the molecule is CCC1CN(CCN2CCCCC2)CCC1=O. The van der Waals surface area contributed by atoms with Gasteiger partial charge in [0.1, 0.15) is 5.78 Å². The van der Waals surface area contributed by atoms with Crippen molar-refractivity contribution in [3.8, 4) is 0 Å². The first-order valence-electron chi connectivity index (χ1n) is 7.27. The third-order valence-electron chi connectivity index (χ3n) is 4.28. The highest BCUT2D eigenvalue weighted by Crippen LogP contribution is 2.16. The second kappa shape index (κ2) is 6.50. The van der Waals surface area contributed by atoms with Gasteiger partial charge in [0.2, 0.25) is 0 Å². The van der Waals surface area contributed by atoms with Crippen LogP contribution < -0.4 is 0 Å². The first-order valence-corrected chi connectivity index (χ1v) is 7.27. The summed E-state index contributed by atoms with van der Waals surface area (Å²) in [6, 6.07) is 0. The summed E-state index contributed by atoms with van der Waals surface area (Å²) < 4.78 is 0. The van der Waals surface area contributed by atoms with Crippen molar-refractivity contribution in [3.63, 3.8) is 0 Å². The first-order chi connectivity index (χ1) is 8.29. The Kier molecular flexibility index (Phi) is 4.99. The van der Waals surface area contributed by atoms with E-state index in [1.54, 1.807) is 0 Å². The minimum absolute atomic E-state index is 0.310. The molecule has 2 heterocycles. The predicted octanol–water partition coefficient (Wildman–Crippen LogP) is 1.77. The highest BCUT2D eigenvalue weighted by Gasteiger charge is 2.25. The van der Waals surface area contributed by atoms with E-state index in [4.69, 9.17) is 0 Å². The van der Waals surface area contributed by atoms with Crippen LogP contribution in [0.25, 0.3) is 0 Å². The van der Waals surface area contributed by atoms with Gasteiger partial charge in [0, 0.05) is 38.5 Å². The quantitative estimate of drug-likeness (QED) is 0.746. The van der Waals surface area contributed by atoms with Crippen LogP contribution in [0.5, 0.6) is 0 Å². The van der Waals surface area contributed by atoms with Crippen molar-refractivity contribution in [1.29, 1.82) is 0 Å². The lowest BCUT2D eigenvalue weighted by atomic mass is 9.94. The Balaban J connectivity index is 1.70. The summed E-state index contributed by atoms with van der Waals surface area (Å²) in [6.07, 6.45) is 5.94. The molecule has 1 atom stereocenters. The van der Waals surface area contributed by atoms with Crippen LogP contribution in [-0.4, -0.2) is 54.9 Å². The largest absolute Gasteiger partial charge is 0.302 e. The minimum atomic E-state index is 0.310. The number of ketones is 1. The molecule has 1 unspecified atom stereocenters. The standard InChI is InChI=1S/C14H26N2O/c1-2-13-12-16(9-6-14(13)17)11-10-15-7-4-3-5-8-15/h13H,2-12H2,1H3. The average molecular weight is 238 g/mol. The van der Waals surface area contributed by atoms with E-state index in [1.807, 2.05) is 0 Å². The maximum atomic E-state index is 11.6. The Bertz CT molecular complexity index is 249. The van der Waals surface area contributed by atoms with Crippen LogP contribution in [0.3, 0.4) is 0 Å². The zero-order valence-electron chi connectivity index (χ0n) is 11.2. The third kappa shape index (κ3) is 3.78. The second-order valence-corrected chi connectivity index (χ2v) is 5.52. The molecule has 17 heavy (non-hydrogen) atoms. The predicted molar refractivity (Wildman–Crippen MR) is 70.1 cm³/mol. The van der Waals surface area contributed by atoms with E-state index in [9.17, 15) is 4.79 Å². The normalized spacial score (nSPS) is 28.5.